The summed E-state index contributed by atoms with van der Waals surface area (Å²) in [4.78, 5) is 0. The predicted molar refractivity (Wildman–Crippen MR) is 74.4 cm³/mol. The first-order chi connectivity index (χ1) is 8.09. The molecule has 0 radical (unpaired) electrons. The minimum absolute atomic E-state index is 0.307. The fourth-order valence-electron chi connectivity index (χ4n) is 2.25. The van der Waals surface area contributed by atoms with Gasteiger partial charge in [-0.05, 0) is 36.7 Å². The molecule has 0 fully saturated rings. The first kappa shape index (κ1) is 13.8. The van der Waals surface area contributed by atoms with Crippen LogP contribution < -0.4 is 5.73 Å². The number of rotatable bonds is 7. The van der Waals surface area contributed by atoms with Crippen molar-refractivity contribution in [2.75, 3.05) is 0 Å². The van der Waals surface area contributed by atoms with Gasteiger partial charge in [0.2, 0.25) is 0 Å². The summed E-state index contributed by atoms with van der Waals surface area (Å²) in [5.74, 6) is 1.62. The van der Waals surface area contributed by atoms with E-state index in [-0.39, 0.29) is 0 Å². The van der Waals surface area contributed by atoms with Gasteiger partial charge in [0, 0.05) is 6.42 Å². The third-order valence-corrected chi connectivity index (χ3v) is 3.03. The molecule has 1 rings (SSSR count). The summed E-state index contributed by atoms with van der Waals surface area (Å²) in [5, 5.41) is 7.26. The van der Waals surface area contributed by atoms with Gasteiger partial charge < -0.3 is 5.73 Å². The highest BCUT2D eigenvalue weighted by atomic mass is 14.7. The van der Waals surface area contributed by atoms with Crippen molar-refractivity contribution in [1.82, 2.24) is 0 Å². The zero-order chi connectivity index (χ0) is 12.7. The molecule has 0 amide bonds. The minimum Gasteiger partial charge on any atom is -0.388 e. The van der Waals surface area contributed by atoms with Gasteiger partial charge in [-0.25, -0.2) is 0 Å². The van der Waals surface area contributed by atoms with Gasteiger partial charge in [-0.3, -0.25) is 5.41 Å². The predicted octanol–water partition coefficient (Wildman–Crippen LogP) is 3.92. The minimum atomic E-state index is 0.307. The van der Waals surface area contributed by atoms with E-state index in [1.807, 2.05) is 0 Å². The van der Waals surface area contributed by atoms with Gasteiger partial charge in [0.1, 0.15) is 0 Å². The molecular formula is C15H24N2. The van der Waals surface area contributed by atoms with E-state index in [2.05, 4.69) is 44.2 Å². The number of nitrogens with one attached hydrogen (secondary N) is 1. The van der Waals surface area contributed by atoms with Crippen molar-refractivity contribution in [2.24, 2.45) is 11.7 Å². The van der Waals surface area contributed by atoms with Crippen LogP contribution in [-0.2, 0) is 0 Å². The van der Waals surface area contributed by atoms with Gasteiger partial charge in [-0.2, -0.15) is 0 Å². The molecule has 94 valence electrons. The third-order valence-electron chi connectivity index (χ3n) is 3.03. The summed E-state index contributed by atoms with van der Waals surface area (Å²) in [7, 11) is 0. The molecule has 17 heavy (non-hydrogen) atoms. The van der Waals surface area contributed by atoms with Gasteiger partial charge in [0.15, 0.2) is 0 Å². The Morgan fingerprint density at radius 1 is 1.24 bits per heavy atom. The summed E-state index contributed by atoms with van der Waals surface area (Å²) in [6.07, 6.45) is 4.08. The zero-order valence-electron chi connectivity index (χ0n) is 10.9. The van der Waals surface area contributed by atoms with Crippen LogP contribution in [0.5, 0.6) is 0 Å². The monoisotopic (exact) mass is 232 g/mol. The highest BCUT2D eigenvalue weighted by Crippen LogP contribution is 2.28. The highest BCUT2D eigenvalue weighted by Gasteiger charge is 2.12. The lowest BCUT2D eigenvalue weighted by atomic mass is 9.86. The Bertz CT molecular complexity index is 330. The van der Waals surface area contributed by atoms with E-state index in [4.69, 9.17) is 11.1 Å². The number of hydrogen-bond acceptors (Lipinski definition) is 1. The topological polar surface area (TPSA) is 49.9 Å². The number of benzene rings is 1. The van der Waals surface area contributed by atoms with E-state index < -0.39 is 0 Å². The van der Waals surface area contributed by atoms with Crippen LogP contribution >= 0.6 is 0 Å². The van der Waals surface area contributed by atoms with Crippen molar-refractivity contribution in [3.63, 3.8) is 0 Å². The molecule has 1 aromatic carbocycles. The van der Waals surface area contributed by atoms with E-state index >= 15 is 0 Å². The van der Waals surface area contributed by atoms with Crippen molar-refractivity contribution in [3.8, 4) is 0 Å². The molecule has 0 saturated carbocycles. The smallest absolute Gasteiger partial charge is 0.0905 e. The fraction of sp³-hybridized carbons (Fsp3) is 0.533. The van der Waals surface area contributed by atoms with Crippen molar-refractivity contribution >= 4 is 5.84 Å². The third kappa shape index (κ3) is 5.53. The molecule has 0 aliphatic rings. The Morgan fingerprint density at radius 3 is 2.41 bits per heavy atom. The lowest BCUT2D eigenvalue weighted by molar-refractivity contribution is 0.468. The summed E-state index contributed by atoms with van der Waals surface area (Å²) in [5.41, 5.74) is 6.82. The molecule has 1 atom stereocenters. The number of nitrogens with two attached hydrogens (primary N) is 1. The molecule has 1 aromatic rings. The molecule has 2 heteroatoms. The SMILES string of the molecule is CC(C)CC(CCCC(=N)N)c1ccccc1. The van der Waals surface area contributed by atoms with E-state index in [0.717, 1.165) is 19.3 Å². The highest BCUT2D eigenvalue weighted by molar-refractivity contribution is 5.76. The Labute approximate surface area is 105 Å². The van der Waals surface area contributed by atoms with Gasteiger partial charge in [0.25, 0.3) is 0 Å². The molecule has 0 aliphatic heterocycles. The van der Waals surface area contributed by atoms with Gasteiger partial charge in [-0.15, -0.1) is 0 Å². The van der Waals surface area contributed by atoms with Crippen LogP contribution in [0.3, 0.4) is 0 Å². The number of hydrogen-bond donors (Lipinski definition) is 2. The van der Waals surface area contributed by atoms with Crippen LogP contribution in [-0.4, -0.2) is 5.84 Å². The Hall–Kier alpha value is -1.31. The summed E-state index contributed by atoms with van der Waals surface area (Å²) in [6.45, 7) is 4.53. The summed E-state index contributed by atoms with van der Waals surface area (Å²) >= 11 is 0. The average Bonchev–Trinajstić information content (AvgIpc) is 2.28. The van der Waals surface area contributed by atoms with E-state index in [1.54, 1.807) is 0 Å². The first-order valence-corrected chi connectivity index (χ1v) is 6.47. The average molecular weight is 232 g/mol. The van der Waals surface area contributed by atoms with Crippen LogP contribution in [0.1, 0.15) is 51.0 Å². The van der Waals surface area contributed by atoms with Crippen LogP contribution in [0, 0.1) is 11.3 Å². The molecule has 0 spiro atoms. The summed E-state index contributed by atoms with van der Waals surface area (Å²) in [6, 6.07) is 10.7. The number of amidine groups is 1. The van der Waals surface area contributed by atoms with Crippen molar-refractivity contribution in [2.45, 2.75) is 45.4 Å². The molecule has 3 N–H and O–H groups in total. The maximum absolute atomic E-state index is 7.26. The second-order valence-electron chi connectivity index (χ2n) is 5.15. The molecule has 1 unspecified atom stereocenters. The molecule has 0 aliphatic carbocycles. The van der Waals surface area contributed by atoms with Crippen LogP contribution in [0.25, 0.3) is 0 Å². The zero-order valence-corrected chi connectivity index (χ0v) is 10.9. The van der Waals surface area contributed by atoms with Crippen LogP contribution in [0.15, 0.2) is 30.3 Å². The lowest BCUT2D eigenvalue weighted by Gasteiger charge is -2.19. The largest absolute Gasteiger partial charge is 0.388 e. The lowest BCUT2D eigenvalue weighted by Crippen LogP contribution is -2.10. The molecule has 2 nitrogen and oxygen atoms in total. The molecule has 0 bridgehead atoms. The Kier molecular flexibility index (Phi) is 5.75. The fourth-order valence-corrected chi connectivity index (χ4v) is 2.25. The van der Waals surface area contributed by atoms with E-state index in [0.29, 0.717) is 17.7 Å². The van der Waals surface area contributed by atoms with E-state index in [9.17, 15) is 0 Å². The van der Waals surface area contributed by atoms with Crippen molar-refractivity contribution in [3.05, 3.63) is 35.9 Å². The van der Waals surface area contributed by atoms with E-state index in [1.165, 1.54) is 12.0 Å². The second kappa shape index (κ2) is 7.10. The van der Waals surface area contributed by atoms with Crippen molar-refractivity contribution in [1.29, 1.82) is 5.41 Å². The first-order valence-electron chi connectivity index (χ1n) is 6.47. The normalized spacial score (nSPS) is 12.6. The maximum atomic E-state index is 7.26. The Morgan fingerprint density at radius 2 is 1.88 bits per heavy atom. The molecule has 0 heterocycles. The van der Waals surface area contributed by atoms with Gasteiger partial charge in [0.05, 0.1) is 5.84 Å². The quantitative estimate of drug-likeness (QED) is 0.543. The van der Waals surface area contributed by atoms with Crippen LogP contribution in [0.2, 0.25) is 0 Å². The molecule has 0 saturated heterocycles. The van der Waals surface area contributed by atoms with Crippen molar-refractivity contribution < 1.29 is 0 Å². The maximum Gasteiger partial charge on any atom is 0.0905 e. The Balaban J connectivity index is 2.58. The van der Waals surface area contributed by atoms with Gasteiger partial charge >= 0.3 is 0 Å². The van der Waals surface area contributed by atoms with Crippen LogP contribution in [0.4, 0.5) is 0 Å². The standard InChI is InChI=1S/C15H24N2/c1-12(2)11-14(9-6-10-15(16)17)13-7-4-3-5-8-13/h3-5,7-8,12,14H,6,9-11H2,1-2H3,(H3,16,17). The summed E-state index contributed by atoms with van der Waals surface area (Å²) < 4.78 is 0. The molecular weight excluding hydrogens is 208 g/mol. The second-order valence-corrected chi connectivity index (χ2v) is 5.15. The molecule has 0 aromatic heterocycles. The van der Waals surface area contributed by atoms with Gasteiger partial charge in [-0.1, -0.05) is 44.2 Å².